The van der Waals surface area contributed by atoms with Crippen molar-refractivity contribution in [1.29, 1.82) is 0 Å². The molecule has 0 bridgehead atoms. The topological polar surface area (TPSA) is 39.1 Å². The number of alkyl halides is 2. The molecule has 4 nitrogen and oxygen atoms in total. The number of nitrogens with zero attached hydrogens (tertiary/aromatic N) is 2. The van der Waals surface area contributed by atoms with E-state index in [9.17, 15) is 8.78 Å². The molecule has 0 spiro atoms. The van der Waals surface area contributed by atoms with Gasteiger partial charge in [0.25, 0.3) is 0 Å². The van der Waals surface area contributed by atoms with Crippen LogP contribution in [0, 0.1) is 0 Å². The average Bonchev–Trinajstić information content (AvgIpc) is 2.90. The fraction of sp³-hybridized carbons (Fsp3) is 0.400. The van der Waals surface area contributed by atoms with Crippen molar-refractivity contribution >= 4 is 0 Å². The maximum atomic E-state index is 12.2. The second-order valence-electron chi connectivity index (χ2n) is 4.97. The molecule has 1 aromatic heterocycles. The molecule has 0 radical (unpaired) electrons. The zero-order valence-corrected chi connectivity index (χ0v) is 12.0. The van der Waals surface area contributed by atoms with Crippen LogP contribution in [0.3, 0.4) is 0 Å². The van der Waals surface area contributed by atoms with Crippen LogP contribution < -0.4 is 10.1 Å². The van der Waals surface area contributed by atoms with Crippen molar-refractivity contribution in [3.63, 3.8) is 0 Å². The van der Waals surface area contributed by atoms with Crippen LogP contribution in [0.15, 0.2) is 42.7 Å². The Labute approximate surface area is 122 Å². The zero-order chi connectivity index (χ0) is 15.2. The van der Waals surface area contributed by atoms with Crippen molar-refractivity contribution < 1.29 is 13.5 Å². The van der Waals surface area contributed by atoms with Crippen molar-refractivity contribution in [2.75, 3.05) is 0 Å². The lowest BCUT2D eigenvalue weighted by molar-refractivity contribution is -0.0499. The minimum Gasteiger partial charge on any atom is -0.435 e. The van der Waals surface area contributed by atoms with Gasteiger partial charge in [0, 0.05) is 24.5 Å². The summed E-state index contributed by atoms with van der Waals surface area (Å²) in [6.07, 6.45) is 3.64. The molecular weight excluding hydrogens is 276 g/mol. The molecule has 6 heteroatoms. The lowest BCUT2D eigenvalue weighted by Crippen LogP contribution is -2.32. The van der Waals surface area contributed by atoms with Crippen LogP contribution in [-0.2, 0) is 6.54 Å². The van der Waals surface area contributed by atoms with Gasteiger partial charge in [-0.25, -0.2) is 0 Å². The predicted octanol–water partition coefficient (Wildman–Crippen LogP) is 3.22. The molecule has 1 heterocycles. The second kappa shape index (κ2) is 7.17. The predicted molar refractivity (Wildman–Crippen MR) is 76.3 cm³/mol. The first-order valence-electron chi connectivity index (χ1n) is 6.83. The van der Waals surface area contributed by atoms with Crippen LogP contribution in [0.5, 0.6) is 5.75 Å². The number of hydrogen-bond acceptors (Lipinski definition) is 3. The molecule has 0 fully saturated rings. The molecule has 1 N–H and O–H groups in total. The quantitative estimate of drug-likeness (QED) is 0.852. The van der Waals surface area contributed by atoms with Crippen LogP contribution in [-0.4, -0.2) is 22.4 Å². The number of aromatic nitrogens is 2. The van der Waals surface area contributed by atoms with E-state index in [1.54, 1.807) is 18.3 Å². The molecular formula is C15H19F2N3O. The Morgan fingerprint density at radius 2 is 2.10 bits per heavy atom. The van der Waals surface area contributed by atoms with Gasteiger partial charge in [-0.1, -0.05) is 12.1 Å². The summed E-state index contributed by atoms with van der Waals surface area (Å²) < 4.78 is 30.7. The molecule has 2 atom stereocenters. The summed E-state index contributed by atoms with van der Waals surface area (Å²) in [5.41, 5.74) is 0.903. The van der Waals surface area contributed by atoms with E-state index in [2.05, 4.69) is 22.1 Å². The fourth-order valence-corrected chi connectivity index (χ4v) is 2.22. The van der Waals surface area contributed by atoms with E-state index in [4.69, 9.17) is 0 Å². The first-order chi connectivity index (χ1) is 10.0. The van der Waals surface area contributed by atoms with Gasteiger partial charge in [-0.15, -0.1) is 0 Å². The molecule has 0 aliphatic heterocycles. The van der Waals surface area contributed by atoms with E-state index in [1.165, 1.54) is 6.07 Å². The largest absolute Gasteiger partial charge is 0.435 e. The smallest absolute Gasteiger partial charge is 0.387 e. The van der Waals surface area contributed by atoms with Gasteiger partial charge in [0.15, 0.2) is 0 Å². The Bertz CT molecular complexity index is 546. The van der Waals surface area contributed by atoms with Crippen LogP contribution in [0.25, 0.3) is 0 Å². The SMILES string of the molecule is CC(Cn1cccn1)NC(C)c1cccc(OC(F)F)c1. The Morgan fingerprint density at radius 1 is 1.29 bits per heavy atom. The highest BCUT2D eigenvalue weighted by atomic mass is 19.3. The summed E-state index contributed by atoms with van der Waals surface area (Å²) in [7, 11) is 0. The van der Waals surface area contributed by atoms with Crippen LogP contribution in [0.2, 0.25) is 0 Å². The number of ether oxygens (including phenoxy) is 1. The molecule has 2 rings (SSSR count). The number of hydrogen-bond donors (Lipinski definition) is 1. The van der Waals surface area contributed by atoms with Crippen molar-refractivity contribution in [1.82, 2.24) is 15.1 Å². The Morgan fingerprint density at radius 3 is 2.76 bits per heavy atom. The number of rotatable bonds is 7. The highest BCUT2D eigenvalue weighted by Crippen LogP contribution is 2.21. The van der Waals surface area contributed by atoms with Gasteiger partial charge in [0.1, 0.15) is 5.75 Å². The number of halogens is 2. The minimum absolute atomic E-state index is 0.0248. The van der Waals surface area contributed by atoms with Gasteiger partial charge in [-0.05, 0) is 37.6 Å². The summed E-state index contributed by atoms with van der Waals surface area (Å²) >= 11 is 0. The zero-order valence-electron chi connectivity index (χ0n) is 12.0. The summed E-state index contributed by atoms with van der Waals surface area (Å²) in [6, 6.07) is 8.85. The number of benzene rings is 1. The molecule has 0 saturated heterocycles. The fourth-order valence-electron chi connectivity index (χ4n) is 2.22. The van der Waals surface area contributed by atoms with Crippen molar-refractivity contribution in [2.45, 2.75) is 39.1 Å². The molecule has 1 aromatic carbocycles. The standard InChI is InChI=1S/C15H19F2N3O/c1-11(10-20-8-4-7-18-20)19-12(2)13-5-3-6-14(9-13)21-15(16)17/h3-9,11-12,15,19H,10H2,1-2H3. The van der Waals surface area contributed by atoms with E-state index >= 15 is 0 Å². The minimum atomic E-state index is -2.80. The van der Waals surface area contributed by atoms with Crippen LogP contribution in [0.1, 0.15) is 25.5 Å². The summed E-state index contributed by atoms with van der Waals surface area (Å²) in [6.45, 7) is 1.98. The van der Waals surface area contributed by atoms with Crippen molar-refractivity contribution in [3.8, 4) is 5.75 Å². The molecule has 0 amide bonds. The first kappa shape index (κ1) is 15.4. The van der Waals surface area contributed by atoms with Crippen molar-refractivity contribution in [3.05, 3.63) is 48.3 Å². The molecule has 0 aliphatic carbocycles. The Kier molecular flexibility index (Phi) is 5.27. The van der Waals surface area contributed by atoms with Crippen LogP contribution >= 0.6 is 0 Å². The van der Waals surface area contributed by atoms with E-state index < -0.39 is 6.61 Å². The molecule has 0 aliphatic rings. The Hall–Kier alpha value is -1.95. The normalized spacial score (nSPS) is 14.1. The van der Waals surface area contributed by atoms with E-state index in [0.29, 0.717) is 0 Å². The monoisotopic (exact) mass is 295 g/mol. The lowest BCUT2D eigenvalue weighted by atomic mass is 10.1. The average molecular weight is 295 g/mol. The summed E-state index contributed by atoms with van der Waals surface area (Å²) in [5, 5.41) is 7.57. The van der Waals surface area contributed by atoms with Gasteiger partial charge in [0.05, 0.1) is 6.54 Å². The highest BCUT2D eigenvalue weighted by Gasteiger charge is 2.12. The Balaban J connectivity index is 1.94. The molecule has 2 aromatic rings. The van der Waals surface area contributed by atoms with Gasteiger partial charge in [0.2, 0.25) is 0 Å². The van der Waals surface area contributed by atoms with Gasteiger partial charge >= 0.3 is 6.61 Å². The third-order valence-electron chi connectivity index (χ3n) is 3.14. The summed E-state index contributed by atoms with van der Waals surface area (Å²) in [4.78, 5) is 0. The molecule has 21 heavy (non-hydrogen) atoms. The van der Waals surface area contributed by atoms with Crippen LogP contribution in [0.4, 0.5) is 8.78 Å². The third kappa shape index (κ3) is 4.82. The molecule has 114 valence electrons. The molecule has 2 unspecified atom stereocenters. The maximum Gasteiger partial charge on any atom is 0.387 e. The lowest BCUT2D eigenvalue weighted by Gasteiger charge is -2.21. The van der Waals surface area contributed by atoms with Gasteiger partial charge < -0.3 is 10.1 Å². The summed E-state index contributed by atoms with van der Waals surface area (Å²) in [5.74, 6) is 0.177. The van der Waals surface area contributed by atoms with Crippen molar-refractivity contribution in [2.24, 2.45) is 0 Å². The number of nitrogens with one attached hydrogen (secondary N) is 1. The molecule has 0 saturated carbocycles. The first-order valence-corrected chi connectivity index (χ1v) is 6.83. The van der Waals surface area contributed by atoms with E-state index in [1.807, 2.05) is 29.9 Å². The van der Waals surface area contributed by atoms with Gasteiger partial charge in [-0.2, -0.15) is 13.9 Å². The van der Waals surface area contributed by atoms with Gasteiger partial charge in [-0.3, -0.25) is 4.68 Å². The van der Waals surface area contributed by atoms with E-state index in [0.717, 1.165) is 12.1 Å². The van der Waals surface area contributed by atoms with E-state index in [-0.39, 0.29) is 17.8 Å². The maximum absolute atomic E-state index is 12.2. The second-order valence-corrected chi connectivity index (χ2v) is 4.97. The third-order valence-corrected chi connectivity index (χ3v) is 3.14. The highest BCUT2D eigenvalue weighted by molar-refractivity contribution is 5.30.